The largest absolute Gasteiger partial charge is 0.281 e. The monoisotopic (exact) mass is 291 g/mol. The molecule has 0 saturated carbocycles. The Hall–Kier alpha value is -1.11. The Morgan fingerprint density at radius 3 is 2.71 bits per heavy atom. The summed E-state index contributed by atoms with van der Waals surface area (Å²) in [7, 11) is 1.29. The molecule has 2 aromatic rings. The van der Waals surface area contributed by atoms with Crippen molar-refractivity contribution >= 4 is 43.1 Å². The van der Waals surface area contributed by atoms with Crippen molar-refractivity contribution in [3.05, 3.63) is 29.1 Å². The number of hydrogen-bond donors (Lipinski definition) is 0. The van der Waals surface area contributed by atoms with Gasteiger partial charge in [0.2, 0.25) is 5.03 Å². The first-order chi connectivity index (χ1) is 7.93. The lowest BCUT2D eigenvalue weighted by molar-refractivity contribution is 0.602. The molecule has 0 aliphatic rings. The molecule has 0 spiro atoms. The molecule has 2 aromatic heterocycles. The summed E-state index contributed by atoms with van der Waals surface area (Å²) in [5.41, 5.74) is 0.901. The quantitative estimate of drug-likeness (QED) is 0.797. The fourth-order valence-electron chi connectivity index (χ4n) is 1.36. The first kappa shape index (κ1) is 12.3. The molecule has 17 heavy (non-hydrogen) atoms. The topological polar surface area (TPSA) is 64.3 Å². The van der Waals surface area contributed by atoms with Crippen LogP contribution in [0.2, 0.25) is 5.15 Å². The van der Waals surface area contributed by atoms with E-state index < -0.39 is 9.05 Å². The van der Waals surface area contributed by atoms with E-state index in [0.29, 0.717) is 11.3 Å². The van der Waals surface area contributed by atoms with Crippen molar-refractivity contribution in [1.29, 1.82) is 0 Å². The lowest BCUT2D eigenvalue weighted by Crippen LogP contribution is -2.02. The maximum Gasteiger partial charge on any atom is 0.281 e. The summed E-state index contributed by atoms with van der Waals surface area (Å²) in [5.74, 6) is 0. The first-order valence-electron chi connectivity index (χ1n) is 4.56. The van der Waals surface area contributed by atoms with E-state index in [0.717, 1.165) is 4.52 Å². The molecule has 2 rings (SSSR count). The highest BCUT2D eigenvalue weighted by Gasteiger charge is 2.23. The highest BCUT2D eigenvalue weighted by molar-refractivity contribution is 8.13. The van der Waals surface area contributed by atoms with Crippen molar-refractivity contribution in [2.45, 2.75) is 11.9 Å². The van der Waals surface area contributed by atoms with Crippen molar-refractivity contribution < 1.29 is 8.42 Å². The maximum atomic E-state index is 11.4. The SMILES string of the molecule is C/C=C\c1ccc2nc(Cl)c(S(=O)(=O)Cl)n2n1. The molecule has 0 atom stereocenters. The van der Waals surface area contributed by atoms with Crippen LogP contribution in [0.1, 0.15) is 12.6 Å². The lowest BCUT2D eigenvalue weighted by Gasteiger charge is -1.98. The Morgan fingerprint density at radius 1 is 1.41 bits per heavy atom. The molecular formula is C9H7Cl2N3O2S. The Labute approximate surface area is 107 Å². The van der Waals surface area contributed by atoms with Gasteiger partial charge in [0.1, 0.15) is 0 Å². The lowest BCUT2D eigenvalue weighted by atomic mass is 10.3. The Kier molecular flexibility index (Phi) is 3.11. The Balaban J connectivity index is 2.83. The van der Waals surface area contributed by atoms with Crippen LogP contribution in [0.3, 0.4) is 0 Å². The number of hydrogen-bond acceptors (Lipinski definition) is 4. The van der Waals surface area contributed by atoms with Crippen LogP contribution >= 0.6 is 22.3 Å². The van der Waals surface area contributed by atoms with Gasteiger partial charge in [-0.05, 0) is 25.1 Å². The number of imidazole rings is 1. The average Bonchev–Trinajstić information content (AvgIpc) is 2.53. The van der Waals surface area contributed by atoms with Crippen LogP contribution in [-0.2, 0) is 9.05 Å². The summed E-state index contributed by atoms with van der Waals surface area (Å²) < 4.78 is 23.8. The minimum Gasteiger partial charge on any atom is -0.214 e. The van der Waals surface area contributed by atoms with Crippen molar-refractivity contribution in [3.63, 3.8) is 0 Å². The van der Waals surface area contributed by atoms with E-state index in [-0.39, 0.29) is 10.2 Å². The van der Waals surface area contributed by atoms with Gasteiger partial charge in [-0.1, -0.05) is 17.7 Å². The molecule has 0 saturated heterocycles. The van der Waals surface area contributed by atoms with Crippen LogP contribution in [-0.4, -0.2) is 23.0 Å². The van der Waals surface area contributed by atoms with E-state index >= 15 is 0 Å². The molecule has 8 heteroatoms. The Bertz CT molecular complexity index is 706. The first-order valence-corrected chi connectivity index (χ1v) is 7.25. The maximum absolute atomic E-state index is 11.4. The summed E-state index contributed by atoms with van der Waals surface area (Å²) in [6.45, 7) is 1.83. The molecule has 2 heterocycles. The van der Waals surface area contributed by atoms with Gasteiger partial charge in [-0.2, -0.15) is 9.61 Å². The molecule has 0 aromatic carbocycles. The van der Waals surface area contributed by atoms with Gasteiger partial charge in [0.15, 0.2) is 10.8 Å². The number of fused-ring (bicyclic) bond motifs is 1. The molecule has 90 valence electrons. The second-order valence-corrected chi connectivity index (χ2v) is 6.01. The zero-order valence-electron chi connectivity index (χ0n) is 8.63. The van der Waals surface area contributed by atoms with E-state index in [1.54, 1.807) is 24.3 Å². The van der Waals surface area contributed by atoms with E-state index in [9.17, 15) is 8.42 Å². The fourth-order valence-corrected chi connectivity index (χ4v) is 2.96. The number of rotatable bonds is 2. The zero-order valence-corrected chi connectivity index (χ0v) is 11.0. The Morgan fingerprint density at radius 2 is 2.12 bits per heavy atom. The van der Waals surface area contributed by atoms with Crippen molar-refractivity contribution in [3.8, 4) is 0 Å². The molecule has 0 N–H and O–H groups in total. The summed E-state index contributed by atoms with van der Waals surface area (Å²) in [5, 5.41) is 3.56. The molecule has 0 radical (unpaired) electrons. The molecule has 0 aliphatic carbocycles. The fraction of sp³-hybridized carbons (Fsp3) is 0.111. The van der Waals surface area contributed by atoms with Crippen LogP contribution in [0.4, 0.5) is 0 Å². The standard InChI is InChI=1S/C9H7Cl2N3O2S/c1-2-3-6-4-5-7-12-8(10)9(14(7)13-6)17(11,15)16/h2-5H,1H3/b3-2-. The van der Waals surface area contributed by atoms with Gasteiger partial charge in [-0.15, -0.1) is 0 Å². The highest BCUT2D eigenvalue weighted by Crippen LogP contribution is 2.24. The summed E-state index contributed by atoms with van der Waals surface area (Å²) in [6.07, 6.45) is 3.50. The van der Waals surface area contributed by atoms with Gasteiger partial charge >= 0.3 is 0 Å². The van der Waals surface area contributed by atoms with Gasteiger partial charge in [-0.3, -0.25) is 0 Å². The van der Waals surface area contributed by atoms with Gasteiger partial charge in [0.05, 0.1) is 5.69 Å². The third kappa shape index (κ3) is 2.29. The van der Waals surface area contributed by atoms with E-state index in [2.05, 4.69) is 10.1 Å². The molecular weight excluding hydrogens is 285 g/mol. The van der Waals surface area contributed by atoms with Gasteiger partial charge in [0, 0.05) is 10.7 Å². The predicted molar refractivity (Wildman–Crippen MR) is 65.7 cm³/mol. The molecule has 0 bridgehead atoms. The predicted octanol–water partition coefficient (Wildman–Crippen LogP) is 2.34. The third-order valence-corrected chi connectivity index (χ3v) is 3.63. The second kappa shape index (κ2) is 4.29. The van der Waals surface area contributed by atoms with Crippen molar-refractivity contribution in [1.82, 2.24) is 14.6 Å². The van der Waals surface area contributed by atoms with Gasteiger partial charge < -0.3 is 0 Å². The van der Waals surface area contributed by atoms with Crippen molar-refractivity contribution in [2.75, 3.05) is 0 Å². The molecule has 0 unspecified atom stereocenters. The van der Waals surface area contributed by atoms with Gasteiger partial charge in [0.25, 0.3) is 9.05 Å². The smallest absolute Gasteiger partial charge is 0.214 e. The van der Waals surface area contributed by atoms with Crippen LogP contribution in [0, 0.1) is 0 Å². The van der Waals surface area contributed by atoms with Crippen LogP contribution in [0.25, 0.3) is 11.7 Å². The summed E-state index contributed by atoms with van der Waals surface area (Å²) >= 11 is 5.73. The third-order valence-electron chi connectivity index (χ3n) is 1.99. The van der Waals surface area contributed by atoms with E-state index in [1.165, 1.54) is 0 Å². The number of nitrogens with zero attached hydrogens (tertiary/aromatic N) is 3. The number of aromatic nitrogens is 3. The molecule has 0 fully saturated rings. The normalized spacial score (nSPS) is 12.6. The molecule has 0 aliphatic heterocycles. The number of halogens is 2. The summed E-state index contributed by atoms with van der Waals surface area (Å²) in [4.78, 5) is 3.86. The summed E-state index contributed by atoms with van der Waals surface area (Å²) in [6, 6.07) is 3.31. The van der Waals surface area contributed by atoms with E-state index in [1.807, 2.05) is 6.92 Å². The molecule has 5 nitrogen and oxygen atoms in total. The van der Waals surface area contributed by atoms with Crippen LogP contribution < -0.4 is 0 Å². The van der Waals surface area contributed by atoms with E-state index in [4.69, 9.17) is 22.3 Å². The second-order valence-electron chi connectivity index (χ2n) is 3.17. The van der Waals surface area contributed by atoms with Crippen molar-refractivity contribution in [2.24, 2.45) is 0 Å². The van der Waals surface area contributed by atoms with Crippen LogP contribution in [0.5, 0.6) is 0 Å². The average molecular weight is 292 g/mol. The van der Waals surface area contributed by atoms with Gasteiger partial charge in [-0.25, -0.2) is 13.4 Å². The minimum absolute atomic E-state index is 0.190. The highest BCUT2D eigenvalue weighted by atomic mass is 35.7. The van der Waals surface area contributed by atoms with Crippen LogP contribution in [0.15, 0.2) is 23.2 Å². The molecule has 0 amide bonds. The minimum atomic E-state index is -3.99. The zero-order chi connectivity index (χ0) is 12.6. The number of allylic oxidation sites excluding steroid dienone is 1.